The van der Waals surface area contributed by atoms with Gasteiger partial charge in [0.2, 0.25) is 0 Å². The molecule has 6 atom stereocenters. The molecule has 0 amide bonds. The summed E-state index contributed by atoms with van der Waals surface area (Å²) in [5.41, 5.74) is 3.32. The Hall–Kier alpha value is -2.23. The molecule has 0 radical (unpaired) electrons. The van der Waals surface area contributed by atoms with Crippen LogP contribution in [0.1, 0.15) is 84.5 Å². The van der Waals surface area contributed by atoms with Crippen LogP contribution in [0.2, 0.25) is 0 Å². The van der Waals surface area contributed by atoms with E-state index in [1.54, 1.807) is 0 Å². The van der Waals surface area contributed by atoms with Gasteiger partial charge in [0.1, 0.15) is 12.9 Å². The van der Waals surface area contributed by atoms with Crippen LogP contribution in [0.3, 0.4) is 0 Å². The molecule has 0 aromatic rings. The highest BCUT2D eigenvalue weighted by Gasteiger charge is 2.70. The molecule has 3 aliphatic carbocycles. The maximum Gasteiger partial charge on any atom is 0.145 e. The fraction of sp³-hybridized carbons (Fsp3) is 0.629. The largest absolute Gasteiger partial charge is 0.396 e. The number of aldehydes is 1. The predicted molar refractivity (Wildman–Crippen MR) is 159 cm³/mol. The number of aliphatic hydroxyl groups is 3. The molecule has 3 saturated carbocycles. The van der Waals surface area contributed by atoms with E-state index in [-0.39, 0.29) is 24.4 Å². The van der Waals surface area contributed by atoms with E-state index in [9.17, 15) is 20.1 Å². The van der Waals surface area contributed by atoms with Crippen molar-refractivity contribution in [1.82, 2.24) is 0 Å². The smallest absolute Gasteiger partial charge is 0.145 e. The zero-order chi connectivity index (χ0) is 28.8. The van der Waals surface area contributed by atoms with Crippen molar-refractivity contribution in [1.29, 1.82) is 0 Å². The Morgan fingerprint density at radius 2 is 2.10 bits per heavy atom. The number of hydrogen-bond donors (Lipinski definition) is 3. The molecule has 3 fully saturated rings. The molecule has 1 aliphatic heterocycles. The van der Waals surface area contributed by atoms with Gasteiger partial charge in [0.05, 0.1) is 18.3 Å². The molecule has 0 aromatic heterocycles. The number of rotatable bonds is 5. The van der Waals surface area contributed by atoms with Gasteiger partial charge >= 0.3 is 0 Å². The minimum Gasteiger partial charge on any atom is -0.396 e. The summed E-state index contributed by atoms with van der Waals surface area (Å²) in [5.74, 6) is 6.13. The van der Waals surface area contributed by atoms with Gasteiger partial charge in [-0.25, -0.2) is 0 Å². The molecule has 3 N–H and O–H groups in total. The van der Waals surface area contributed by atoms with E-state index in [1.165, 1.54) is 5.57 Å². The lowest BCUT2D eigenvalue weighted by atomic mass is 9.46. The van der Waals surface area contributed by atoms with E-state index in [1.807, 2.05) is 19.1 Å². The van der Waals surface area contributed by atoms with Crippen LogP contribution in [0.15, 0.2) is 58.7 Å². The van der Waals surface area contributed by atoms with Crippen LogP contribution < -0.4 is 0 Å². The van der Waals surface area contributed by atoms with Gasteiger partial charge in [-0.3, -0.25) is 4.79 Å². The van der Waals surface area contributed by atoms with Gasteiger partial charge in [-0.1, -0.05) is 65.9 Å². The monoisotopic (exact) mass is 548 g/mol. The van der Waals surface area contributed by atoms with Crippen molar-refractivity contribution in [3.8, 4) is 11.8 Å². The molecule has 4 rings (SSSR count). The highest BCUT2D eigenvalue weighted by molar-refractivity contribution is 5.74. The highest BCUT2D eigenvalue weighted by Crippen LogP contribution is 2.69. The minimum atomic E-state index is -1.00. The molecule has 1 heterocycles. The minimum absolute atomic E-state index is 0.0480. The third-order valence-corrected chi connectivity index (χ3v) is 10.2. The molecule has 6 unspecified atom stereocenters. The standard InChI is InChI=1S/C35H48O5/c1-25-10-4-5-21-40-24-28(14-7-13-26(2)12-6-11-25)31-22-29-15-8-18-34(39)19-17-30(27(3)23-37)32(16-9-20-36)35(29,34)33(31)38/h7,11,13-14,23,29,31-33,36,38-39H,2,6,8-10,12,15-22,24H2,1,3H3. The summed E-state index contributed by atoms with van der Waals surface area (Å²) >= 11 is 0. The second-order valence-corrected chi connectivity index (χ2v) is 12.5. The Labute approximate surface area is 240 Å². The van der Waals surface area contributed by atoms with Crippen LogP contribution in [0.5, 0.6) is 0 Å². The summed E-state index contributed by atoms with van der Waals surface area (Å²) in [4.78, 5) is 12.0. The van der Waals surface area contributed by atoms with Crippen LogP contribution in [-0.2, 0) is 9.53 Å². The van der Waals surface area contributed by atoms with Crippen molar-refractivity contribution in [2.75, 3.05) is 19.8 Å². The van der Waals surface area contributed by atoms with Gasteiger partial charge in [0.25, 0.3) is 0 Å². The first-order valence-electron chi connectivity index (χ1n) is 15.2. The van der Waals surface area contributed by atoms with Crippen LogP contribution in [-0.4, -0.2) is 53.1 Å². The van der Waals surface area contributed by atoms with Gasteiger partial charge < -0.3 is 20.1 Å². The lowest BCUT2D eigenvalue weighted by Crippen LogP contribution is -2.65. The fourth-order valence-corrected chi connectivity index (χ4v) is 8.36. The van der Waals surface area contributed by atoms with E-state index >= 15 is 0 Å². The van der Waals surface area contributed by atoms with E-state index in [0.717, 1.165) is 61.5 Å². The SMILES string of the molecule is C=C1C=CC=C(C2CC3CCCC4(O)CCC(=C(C)C=O)C(CCCO)C34C2O)COCC#CCC(C)=CCC1. The summed E-state index contributed by atoms with van der Waals surface area (Å²) in [6, 6.07) is 0. The zero-order valence-corrected chi connectivity index (χ0v) is 24.5. The molecular formula is C35H48O5. The summed E-state index contributed by atoms with van der Waals surface area (Å²) in [7, 11) is 0. The number of hydrogen-bond acceptors (Lipinski definition) is 5. The average molecular weight is 549 g/mol. The Kier molecular flexibility index (Phi) is 10.5. The number of carbonyl (C=O) groups excluding carboxylic acids is 1. The Morgan fingerprint density at radius 3 is 2.88 bits per heavy atom. The third-order valence-electron chi connectivity index (χ3n) is 10.2. The van der Waals surface area contributed by atoms with Crippen LogP contribution in [0.4, 0.5) is 0 Å². The number of ether oxygens (including phenoxy) is 1. The van der Waals surface area contributed by atoms with Crippen molar-refractivity contribution in [3.05, 3.63) is 58.7 Å². The number of carbonyl (C=O) groups is 1. The lowest BCUT2D eigenvalue weighted by Gasteiger charge is -2.61. The van der Waals surface area contributed by atoms with Crippen molar-refractivity contribution < 1.29 is 24.9 Å². The van der Waals surface area contributed by atoms with E-state index in [2.05, 4.69) is 37.5 Å². The molecule has 40 heavy (non-hydrogen) atoms. The lowest BCUT2D eigenvalue weighted by molar-refractivity contribution is -0.215. The topological polar surface area (TPSA) is 87.0 Å². The molecule has 218 valence electrons. The molecule has 5 heteroatoms. The maximum absolute atomic E-state index is 12.4. The zero-order valence-electron chi connectivity index (χ0n) is 24.5. The highest BCUT2D eigenvalue weighted by atomic mass is 16.5. The summed E-state index contributed by atoms with van der Waals surface area (Å²) < 4.78 is 6.05. The van der Waals surface area contributed by atoms with Gasteiger partial charge in [-0.15, -0.1) is 0 Å². The second kappa shape index (κ2) is 13.6. The van der Waals surface area contributed by atoms with Gasteiger partial charge in [0.15, 0.2) is 0 Å². The summed E-state index contributed by atoms with van der Waals surface area (Å²) in [6.07, 6.45) is 16.8. The molecule has 0 saturated heterocycles. The van der Waals surface area contributed by atoms with E-state index < -0.39 is 17.1 Å². The molecule has 5 nitrogen and oxygen atoms in total. The molecular weight excluding hydrogens is 500 g/mol. The Morgan fingerprint density at radius 1 is 1.27 bits per heavy atom. The van der Waals surface area contributed by atoms with Gasteiger partial charge in [0, 0.05) is 24.4 Å². The molecule has 0 aromatic carbocycles. The van der Waals surface area contributed by atoms with Gasteiger partial charge in [-0.05, 0) is 94.6 Å². The van der Waals surface area contributed by atoms with Crippen molar-refractivity contribution in [2.24, 2.45) is 23.2 Å². The molecule has 1 spiro atoms. The average Bonchev–Trinajstić information content (AvgIpc) is 3.23. The summed E-state index contributed by atoms with van der Waals surface area (Å²) in [5, 5.41) is 34.5. The Balaban J connectivity index is 1.73. The Bertz CT molecular complexity index is 1130. The molecule has 0 bridgehead atoms. The van der Waals surface area contributed by atoms with Crippen LogP contribution >= 0.6 is 0 Å². The van der Waals surface area contributed by atoms with Crippen molar-refractivity contribution in [2.45, 2.75) is 96.2 Å². The van der Waals surface area contributed by atoms with Gasteiger partial charge in [-0.2, -0.15) is 0 Å². The fourth-order valence-electron chi connectivity index (χ4n) is 8.36. The predicted octanol–water partition coefficient (Wildman–Crippen LogP) is 5.77. The first-order valence-corrected chi connectivity index (χ1v) is 15.2. The normalized spacial score (nSPS) is 36.6. The summed E-state index contributed by atoms with van der Waals surface area (Å²) in [6.45, 7) is 8.91. The van der Waals surface area contributed by atoms with Crippen LogP contribution in [0, 0.1) is 35.0 Å². The number of allylic oxidation sites excluding steroid dienone is 8. The maximum atomic E-state index is 12.4. The van der Waals surface area contributed by atoms with Crippen molar-refractivity contribution in [3.63, 3.8) is 0 Å². The number of aliphatic hydroxyl groups excluding tert-OH is 2. The van der Waals surface area contributed by atoms with E-state index in [4.69, 9.17) is 4.74 Å². The quantitative estimate of drug-likeness (QED) is 0.176. The first-order chi connectivity index (χ1) is 19.3. The third kappa shape index (κ3) is 6.02. The van der Waals surface area contributed by atoms with Crippen LogP contribution in [0.25, 0.3) is 0 Å². The van der Waals surface area contributed by atoms with E-state index in [0.29, 0.717) is 50.9 Å². The second-order valence-electron chi connectivity index (χ2n) is 12.5. The molecule has 4 aliphatic rings. The first kappa shape index (κ1) is 30.7. The van der Waals surface area contributed by atoms with Crippen molar-refractivity contribution >= 4 is 6.29 Å².